The maximum absolute atomic E-state index is 13.8. The lowest BCUT2D eigenvalue weighted by atomic mass is 9.98. The van der Waals surface area contributed by atoms with Gasteiger partial charge in [0.05, 0.1) is 26.4 Å². The van der Waals surface area contributed by atoms with E-state index in [0.717, 1.165) is 10.7 Å². The van der Waals surface area contributed by atoms with Gasteiger partial charge in [-0.2, -0.15) is 22.8 Å². The first-order valence-corrected chi connectivity index (χ1v) is 10.5. The van der Waals surface area contributed by atoms with Gasteiger partial charge in [-0.05, 0) is 43.7 Å². The van der Waals surface area contributed by atoms with E-state index in [1.54, 1.807) is 0 Å². The summed E-state index contributed by atoms with van der Waals surface area (Å²) in [6.07, 6.45) is -4.77. The Kier molecular flexibility index (Phi) is 5.46. The normalized spacial score (nSPS) is 12.5. The van der Waals surface area contributed by atoms with Gasteiger partial charge in [0, 0.05) is 5.56 Å². The summed E-state index contributed by atoms with van der Waals surface area (Å²) in [5.74, 6) is -0.407. The van der Waals surface area contributed by atoms with Crippen LogP contribution >= 0.6 is 11.6 Å². The van der Waals surface area contributed by atoms with Crippen molar-refractivity contribution in [2.24, 2.45) is 0 Å². The van der Waals surface area contributed by atoms with Crippen molar-refractivity contribution in [3.05, 3.63) is 47.0 Å². The first-order chi connectivity index (χ1) is 13.8. The highest BCUT2D eigenvalue weighted by Gasteiger charge is 2.36. The van der Waals surface area contributed by atoms with Crippen molar-refractivity contribution < 1.29 is 21.6 Å². The zero-order chi connectivity index (χ0) is 22.4. The molecule has 3 rings (SSSR count). The second-order valence-electron chi connectivity index (χ2n) is 6.71. The van der Waals surface area contributed by atoms with E-state index in [0.29, 0.717) is 0 Å². The summed E-state index contributed by atoms with van der Waals surface area (Å²) in [6.45, 7) is 3.03. The van der Waals surface area contributed by atoms with Gasteiger partial charge >= 0.3 is 6.18 Å². The number of hydrogen-bond acceptors (Lipinski definition) is 6. The molecule has 0 aliphatic heterocycles. The summed E-state index contributed by atoms with van der Waals surface area (Å²) >= 11 is 6.21. The monoisotopic (exact) mass is 459 g/mol. The van der Waals surface area contributed by atoms with Crippen LogP contribution in [0, 0.1) is 0 Å². The van der Waals surface area contributed by atoms with Gasteiger partial charge in [-0.15, -0.1) is 5.10 Å². The molecule has 0 radical (unpaired) electrons. The van der Waals surface area contributed by atoms with Crippen LogP contribution in [0.5, 0.6) is 0 Å². The maximum Gasteiger partial charge on any atom is 0.417 e. The average molecular weight is 460 g/mol. The number of alkyl halides is 3. The van der Waals surface area contributed by atoms with Crippen molar-refractivity contribution in [3.63, 3.8) is 0 Å². The Morgan fingerprint density at radius 1 is 1.10 bits per heavy atom. The topological polar surface area (TPSA) is 117 Å². The summed E-state index contributed by atoms with van der Waals surface area (Å²) in [6, 6.07) is 7.15. The minimum absolute atomic E-state index is 0.00779. The van der Waals surface area contributed by atoms with E-state index in [1.165, 1.54) is 44.2 Å². The van der Waals surface area contributed by atoms with Crippen LogP contribution in [0.15, 0.2) is 41.3 Å². The smallest absolute Gasteiger partial charge is 0.368 e. The molecule has 3 aromatic rings. The zero-order valence-electron chi connectivity index (χ0n) is 15.8. The van der Waals surface area contributed by atoms with E-state index in [2.05, 4.69) is 10.1 Å². The van der Waals surface area contributed by atoms with E-state index < -0.39 is 26.8 Å². The number of rotatable bonds is 4. The molecule has 0 aliphatic rings. The molecule has 0 fully saturated rings. The first kappa shape index (κ1) is 21.9. The SMILES string of the molecule is CC(C)S(=O)(=O)c1ccc(-c2c(Cl)cc(-n3nc(N)nc3N)cc2C(F)(F)F)cc1. The number of aromatic nitrogens is 3. The third kappa shape index (κ3) is 3.94. The Labute approximate surface area is 175 Å². The van der Waals surface area contributed by atoms with Crippen LogP contribution in [-0.4, -0.2) is 28.4 Å². The minimum atomic E-state index is -4.77. The summed E-state index contributed by atoms with van der Waals surface area (Å²) < 4.78 is 67.0. The molecule has 0 atom stereocenters. The van der Waals surface area contributed by atoms with Crippen LogP contribution in [0.1, 0.15) is 19.4 Å². The van der Waals surface area contributed by atoms with Gasteiger partial charge in [0.25, 0.3) is 0 Å². The molecule has 0 unspecified atom stereocenters. The predicted octanol–water partition coefficient (Wildman–Crippen LogP) is 3.95. The average Bonchev–Trinajstić information content (AvgIpc) is 2.98. The highest BCUT2D eigenvalue weighted by Crippen LogP contribution is 2.42. The number of hydrogen-bond donors (Lipinski definition) is 2. The largest absolute Gasteiger partial charge is 0.417 e. The van der Waals surface area contributed by atoms with E-state index in [-0.39, 0.29) is 38.6 Å². The Morgan fingerprint density at radius 2 is 1.70 bits per heavy atom. The Bertz CT molecular complexity index is 1210. The Balaban J connectivity index is 2.19. The van der Waals surface area contributed by atoms with Crippen molar-refractivity contribution in [1.82, 2.24) is 14.8 Å². The van der Waals surface area contributed by atoms with Gasteiger partial charge in [0.2, 0.25) is 11.9 Å². The van der Waals surface area contributed by atoms with Crippen LogP contribution in [-0.2, 0) is 16.0 Å². The van der Waals surface area contributed by atoms with Crippen LogP contribution in [0.2, 0.25) is 5.02 Å². The van der Waals surface area contributed by atoms with Gasteiger partial charge in [-0.25, -0.2) is 8.42 Å². The first-order valence-electron chi connectivity index (χ1n) is 8.56. The third-order valence-electron chi connectivity index (χ3n) is 4.37. The Hall–Kier alpha value is -2.79. The van der Waals surface area contributed by atoms with Crippen molar-refractivity contribution in [3.8, 4) is 16.8 Å². The lowest BCUT2D eigenvalue weighted by Gasteiger charge is -2.17. The molecule has 12 heteroatoms. The van der Waals surface area contributed by atoms with Crippen LogP contribution in [0.3, 0.4) is 0 Å². The predicted molar refractivity (Wildman–Crippen MR) is 108 cm³/mol. The molecule has 0 saturated carbocycles. The highest BCUT2D eigenvalue weighted by atomic mass is 35.5. The molecule has 0 spiro atoms. The number of benzene rings is 2. The zero-order valence-corrected chi connectivity index (χ0v) is 17.3. The summed E-state index contributed by atoms with van der Waals surface area (Å²) in [4.78, 5) is 3.67. The molecular formula is C18H17ClF3N5O2S. The third-order valence-corrected chi connectivity index (χ3v) is 6.83. The molecule has 2 aromatic carbocycles. The molecule has 0 amide bonds. The maximum atomic E-state index is 13.8. The quantitative estimate of drug-likeness (QED) is 0.610. The summed E-state index contributed by atoms with van der Waals surface area (Å²) in [7, 11) is -3.57. The second-order valence-corrected chi connectivity index (χ2v) is 9.62. The lowest BCUT2D eigenvalue weighted by Crippen LogP contribution is -2.14. The van der Waals surface area contributed by atoms with Crippen molar-refractivity contribution in [1.29, 1.82) is 0 Å². The fraction of sp³-hybridized carbons (Fsp3) is 0.222. The molecule has 0 bridgehead atoms. The van der Waals surface area contributed by atoms with E-state index in [9.17, 15) is 21.6 Å². The van der Waals surface area contributed by atoms with Crippen molar-refractivity contribution in [2.75, 3.05) is 11.5 Å². The van der Waals surface area contributed by atoms with Crippen molar-refractivity contribution in [2.45, 2.75) is 30.2 Å². The minimum Gasteiger partial charge on any atom is -0.368 e. The molecule has 1 aromatic heterocycles. The molecule has 160 valence electrons. The molecule has 30 heavy (non-hydrogen) atoms. The summed E-state index contributed by atoms with van der Waals surface area (Å²) in [5.41, 5.74) is 9.77. The van der Waals surface area contributed by atoms with Gasteiger partial charge in [-0.1, -0.05) is 23.7 Å². The molecular weight excluding hydrogens is 443 g/mol. The van der Waals surface area contributed by atoms with Gasteiger partial charge in [0.15, 0.2) is 9.84 Å². The van der Waals surface area contributed by atoms with E-state index >= 15 is 0 Å². The molecule has 7 nitrogen and oxygen atoms in total. The van der Waals surface area contributed by atoms with E-state index in [1.807, 2.05) is 0 Å². The second kappa shape index (κ2) is 7.47. The number of sulfone groups is 1. The van der Waals surface area contributed by atoms with Crippen LogP contribution < -0.4 is 11.5 Å². The van der Waals surface area contributed by atoms with Gasteiger partial charge in [0.1, 0.15) is 0 Å². The number of nitrogen functional groups attached to an aromatic ring is 2. The standard InChI is InChI=1S/C18H17ClF3N5O2S/c1-9(2)30(28,29)12-5-3-10(4-6-12)15-13(18(20,21)22)7-11(8-14(15)19)27-17(24)25-16(23)26-27/h3-9H,1-2H3,(H4,23,24,25,26). The number of anilines is 2. The molecule has 1 heterocycles. The van der Waals surface area contributed by atoms with Crippen LogP contribution in [0.4, 0.5) is 25.1 Å². The van der Waals surface area contributed by atoms with Crippen LogP contribution in [0.25, 0.3) is 16.8 Å². The van der Waals surface area contributed by atoms with Gasteiger partial charge in [-0.3, -0.25) is 0 Å². The van der Waals surface area contributed by atoms with Crippen molar-refractivity contribution >= 4 is 33.3 Å². The molecule has 0 saturated heterocycles. The number of halogens is 4. The fourth-order valence-electron chi connectivity index (χ4n) is 2.85. The summed E-state index contributed by atoms with van der Waals surface area (Å²) in [5, 5.41) is 2.87. The molecule has 0 aliphatic carbocycles. The number of nitrogens with two attached hydrogens (primary N) is 2. The fourth-order valence-corrected chi connectivity index (χ4v) is 4.23. The Morgan fingerprint density at radius 3 is 2.17 bits per heavy atom. The van der Waals surface area contributed by atoms with Gasteiger partial charge < -0.3 is 11.5 Å². The highest BCUT2D eigenvalue weighted by molar-refractivity contribution is 7.92. The van der Waals surface area contributed by atoms with E-state index in [4.69, 9.17) is 23.1 Å². The lowest BCUT2D eigenvalue weighted by molar-refractivity contribution is -0.137. The number of nitrogens with zero attached hydrogens (tertiary/aromatic N) is 3. The molecule has 4 N–H and O–H groups in total.